The van der Waals surface area contributed by atoms with Gasteiger partial charge in [-0.05, 0) is 60.3 Å². The Morgan fingerprint density at radius 3 is 2.70 bits per heavy atom. The highest BCUT2D eigenvalue weighted by Crippen LogP contribution is 2.26. The highest BCUT2D eigenvalue weighted by atomic mass is 35.5. The van der Waals surface area contributed by atoms with E-state index in [1.807, 2.05) is 24.3 Å². The number of benzene rings is 2. The van der Waals surface area contributed by atoms with Gasteiger partial charge in [-0.25, -0.2) is 0 Å². The minimum atomic E-state index is -0.864. The fraction of sp³-hybridized carbons (Fsp3) is 0.318. The lowest BCUT2D eigenvalue weighted by molar-refractivity contribution is -0.137. The van der Waals surface area contributed by atoms with Crippen molar-refractivity contribution in [2.45, 2.75) is 32.4 Å². The van der Waals surface area contributed by atoms with E-state index in [-0.39, 0.29) is 30.6 Å². The van der Waals surface area contributed by atoms with Crippen LogP contribution in [0.4, 0.5) is 5.69 Å². The van der Waals surface area contributed by atoms with Gasteiger partial charge in [0, 0.05) is 42.9 Å². The highest BCUT2D eigenvalue weighted by molar-refractivity contribution is 6.06. The van der Waals surface area contributed by atoms with E-state index >= 15 is 0 Å². The molecule has 2 aromatic carbocycles. The van der Waals surface area contributed by atoms with E-state index in [0.717, 1.165) is 30.6 Å². The summed E-state index contributed by atoms with van der Waals surface area (Å²) < 4.78 is 0. The number of hydrogen-bond donors (Lipinski definition) is 3. The van der Waals surface area contributed by atoms with Crippen molar-refractivity contribution in [3.8, 4) is 0 Å². The molecule has 2 amide bonds. The minimum absolute atomic E-state index is 0. The number of carbonyl (C=O) groups excluding carboxylic acids is 2. The lowest BCUT2D eigenvalue weighted by atomic mass is 9.98. The second-order valence-electron chi connectivity index (χ2n) is 7.46. The van der Waals surface area contributed by atoms with Gasteiger partial charge in [0.1, 0.15) is 0 Å². The van der Waals surface area contributed by atoms with Crippen molar-refractivity contribution in [3.05, 3.63) is 64.2 Å². The minimum Gasteiger partial charge on any atom is -0.481 e. The van der Waals surface area contributed by atoms with Crippen LogP contribution in [0.25, 0.3) is 0 Å². The highest BCUT2D eigenvalue weighted by Gasteiger charge is 2.27. The lowest BCUT2D eigenvalue weighted by Crippen LogP contribution is -2.25. The molecule has 2 aromatic rings. The molecule has 0 atom stereocenters. The molecule has 0 aliphatic carbocycles. The monoisotopic (exact) mass is 429 g/mol. The molecule has 3 N–H and O–H groups in total. The molecule has 8 heteroatoms. The molecule has 0 saturated heterocycles. The number of anilines is 1. The Morgan fingerprint density at radius 1 is 1.10 bits per heavy atom. The number of nitrogens with one attached hydrogen (secondary N) is 2. The van der Waals surface area contributed by atoms with Crippen LogP contribution >= 0.6 is 12.4 Å². The molecular weight excluding hydrogens is 406 g/mol. The summed E-state index contributed by atoms with van der Waals surface area (Å²) >= 11 is 0. The summed E-state index contributed by atoms with van der Waals surface area (Å²) in [6.07, 6.45) is 1.43. The molecule has 0 spiro atoms. The predicted molar refractivity (Wildman–Crippen MR) is 115 cm³/mol. The lowest BCUT2D eigenvalue weighted by Gasteiger charge is -2.17. The third-order valence-electron chi connectivity index (χ3n) is 5.42. The number of aliphatic carboxylic acids is 1. The van der Waals surface area contributed by atoms with Crippen LogP contribution in [0.5, 0.6) is 0 Å². The summed E-state index contributed by atoms with van der Waals surface area (Å²) in [5.74, 6) is -1.19. The topological polar surface area (TPSA) is 98.7 Å². The summed E-state index contributed by atoms with van der Waals surface area (Å²) in [4.78, 5) is 37.6. The van der Waals surface area contributed by atoms with Gasteiger partial charge in [0.25, 0.3) is 11.8 Å². The van der Waals surface area contributed by atoms with Gasteiger partial charge in [0.15, 0.2) is 0 Å². The Kier molecular flexibility index (Phi) is 6.74. The van der Waals surface area contributed by atoms with Crippen LogP contribution in [0.1, 0.15) is 50.2 Å². The molecule has 4 rings (SSSR count). The largest absolute Gasteiger partial charge is 0.481 e. The van der Waals surface area contributed by atoms with Crippen molar-refractivity contribution < 1.29 is 19.5 Å². The fourth-order valence-electron chi connectivity index (χ4n) is 3.87. The van der Waals surface area contributed by atoms with Crippen molar-refractivity contribution in [1.29, 1.82) is 0 Å². The van der Waals surface area contributed by atoms with Gasteiger partial charge < -0.3 is 20.6 Å². The van der Waals surface area contributed by atoms with Gasteiger partial charge >= 0.3 is 5.97 Å². The summed E-state index contributed by atoms with van der Waals surface area (Å²) in [5, 5.41) is 14.9. The number of carboxylic acids is 1. The first kappa shape index (κ1) is 21.8. The molecule has 2 heterocycles. The van der Waals surface area contributed by atoms with Crippen LogP contribution < -0.4 is 10.6 Å². The van der Waals surface area contributed by atoms with Gasteiger partial charge in [-0.2, -0.15) is 0 Å². The molecule has 158 valence electrons. The number of hydrogen-bond acceptors (Lipinski definition) is 4. The van der Waals surface area contributed by atoms with Crippen molar-refractivity contribution in [2.75, 3.05) is 18.4 Å². The predicted octanol–water partition coefficient (Wildman–Crippen LogP) is 2.83. The SMILES string of the molecule is Cl.O=C(O)CCCN1Cc2ccc(NC(=O)c3ccc4c(c3)CNCC4)cc2C1=O. The van der Waals surface area contributed by atoms with Crippen molar-refractivity contribution >= 4 is 35.9 Å². The van der Waals surface area contributed by atoms with Gasteiger partial charge in [-0.3, -0.25) is 14.4 Å². The third kappa shape index (κ3) is 4.63. The molecule has 7 nitrogen and oxygen atoms in total. The van der Waals surface area contributed by atoms with Gasteiger partial charge in [0.2, 0.25) is 0 Å². The second kappa shape index (κ2) is 9.28. The molecule has 0 fully saturated rings. The molecule has 0 saturated carbocycles. The standard InChI is InChI=1S/C22H23N3O4.ClH/c26-20(27)2-1-9-25-13-16-5-6-18(11-19(16)22(25)29)24-21(28)15-4-3-14-7-8-23-12-17(14)10-15;/h3-6,10-11,23H,1-2,7-9,12-13H2,(H,24,28)(H,26,27);1H. The number of amides is 2. The first-order valence-corrected chi connectivity index (χ1v) is 9.79. The third-order valence-corrected chi connectivity index (χ3v) is 5.42. The van der Waals surface area contributed by atoms with Crippen LogP contribution in [0.3, 0.4) is 0 Å². The Bertz CT molecular complexity index is 992. The van der Waals surface area contributed by atoms with E-state index in [4.69, 9.17) is 5.11 Å². The van der Waals surface area contributed by atoms with Crippen molar-refractivity contribution in [1.82, 2.24) is 10.2 Å². The van der Waals surface area contributed by atoms with E-state index in [2.05, 4.69) is 10.6 Å². The van der Waals surface area contributed by atoms with Gasteiger partial charge in [-0.1, -0.05) is 12.1 Å². The zero-order valence-corrected chi connectivity index (χ0v) is 17.3. The summed E-state index contributed by atoms with van der Waals surface area (Å²) in [6, 6.07) is 11.1. The molecular formula is C22H24ClN3O4. The number of carboxylic acid groups (broad SMARTS) is 1. The Labute approximate surface area is 180 Å². The molecule has 2 aliphatic rings. The second-order valence-corrected chi connectivity index (χ2v) is 7.46. The number of carbonyl (C=O) groups is 3. The normalized spacial score (nSPS) is 14.5. The fourth-order valence-corrected chi connectivity index (χ4v) is 3.87. The molecule has 2 aliphatic heterocycles. The maximum Gasteiger partial charge on any atom is 0.303 e. The maximum atomic E-state index is 12.7. The zero-order chi connectivity index (χ0) is 20.4. The first-order chi connectivity index (χ1) is 14.0. The maximum absolute atomic E-state index is 12.7. The zero-order valence-electron chi connectivity index (χ0n) is 16.4. The van der Waals surface area contributed by atoms with Crippen LogP contribution in [-0.2, 0) is 24.3 Å². The van der Waals surface area contributed by atoms with E-state index < -0.39 is 5.97 Å². The molecule has 30 heavy (non-hydrogen) atoms. The average molecular weight is 430 g/mol. The molecule has 0 bridgehead atoms. The Hall–Kier alpha value is -2.90. The molecule has 0 radical (unpaired) electrons. The van der Waals surface area contributed by atoms with E-state index in [9.17, 15) is 14.4 Å². The Balaban J connectivity index is 0.00000256. The number of rotatable bonds is 6. The van der Waals surface area contributed by atoms with E-state index in [1.165, 1.54) is 5.56 Å². The quantitative estimate of drug-likeness (QED) is 0.655. The number of fused-ring (bicyclic) bond motifs is 2. The number of halogens is 1. The summed E-state index contributed by atoms with van der Waals surface area (Å²) in [6.45, 7) is 2.60. The van der Waals surface area contributed by atoms with Crippen LogP contribution in [0.15, 0.2) is 36.4 Å². The Morgan fingerprint density at radius 2 is 1.90 bits per heavy atom. The van der Waals surface area contributed by atoms with Crippen LogP contribution in [0, 0.1) is 0 Å². The molecule has 0 aromatic heterocycles. The average Bonchev–Trinajstić information content (AvgIpc) is 3.03. The number of nitrogens with zero attached hydrogens (tertiary/aromatic N) is 1. The first-order valence-electron chi connectivity index (χ1n) is 9.79. The van der Waals surface area contributed by atoms with Crippen LogP contribution in [0.2, 0.25) is 0 Å². The summed E-state index contributed by atoms with van der Waals surface area (Å²) in [5.41, 5.74) is 5.03. The summed E-state index contributed by atoms with van der Waals surface area (Å²) in [7, 11) is 0. The smallest absolute Gasteiger partial charge is 0.303 e. The van der Waals surface area contributed by atoms with Crippen molar-refractivity contribution in [2.24, 2.45) is 0 Å². The molecule has 0 unspecified atom stereocenters. The van der Waals surface area contributed by atoms with Gasteiger partial charge in [0.05, 0.1) is 0 Å². The van der Waals surface area contributed by atoms with E-state index in [1.54, 1.807) is 17.0 Å². The van der Waals surface area contributed by atoms with Crippen molar-refractivity contribution in [3.63, 3.8) is 0 Å². The van der Waals surface area contributed by atoms with E-state index in [0.29, 0.717) is 36.3 Å². The van der Waals surface area contributed by atoms with Gasteiger partial charge in [-0.15, -0.1) is 12.4 Å². The van der Waals surface area contributed by atoms with Crippen LogP contribution in [-0.4, -0.2) is 40.9 Å².